The highest BCUT2D eigenvalue weighted by molar-refractivity contribution is 5.76. The third kappa shape index (κ3) is 5.04. The summed E-state index contributed by atoms with van der Waals surface area (Å²) in [5.74, 6) is 0.160. The van der Waals surface area contributed by atoms with E-state index in [1.54, 1.807) is 0 Å². The number of benzene rings is 2. The highest BCUT2D eigenvalue weighted by Crippen LogP contribution is 2.08. The monoisotopic (exact) mass is 282 g/mol. The van der Waals surface area contributed by atoms with Crippen molar-refractivity contribution in [3.8, 4) is 0 Å². The quantitative estimate of drug-likeness (QED) is 0.848. The predicted octanol–water partition coefficient (Wildman–Crippen LogP) is 2.61. The molecule has 2 aromatic carbocycles. The van der Waals surface area contributed by atoms with E-state index in [-0.39, 0.29) is 5.91 Å². The maximum Gasteiger partial charge on any atom is 0.223 e. The molecule has 0 aliphatic heterocycles. The SMILES string of the molecule is NCCN(Cc1ccccc1)C(=O)CCc1ccccc1. The molecule has 0 saturated heterocycles. The number of nitrogens with two attached hydrogens (primary N) is 1. The van der Waals surface area contributed by atoms with E-state index in [1.807, 2.05) is 53.4 Å². The summed E-state index contributed by atoms with van der Waals surface area (Å²) in [5, 5.41) is 0. The molecule has 3 nitrogen and oxygen atoms in total. The van der Waals surface area contributed by atoms with Gasteiger partial charge in [-0.15, -0.1) is 0 Å². The molecule has 2 rings (SSSR count). The van der Waals surface area contributed by atoms with Crippen molar-refractivity contribution in [1.82, 2.24) is 4.90 Å². The standard InChI is InChI=1S/C18H22N2O/c19-13-14-20(15-17-9-5-2-6-10-17)18(21)12-11-16-7-3-1-4-8-16/h1-10H,11-15,19H2. The molecule has 0 aromatic heterocycles. The molecule has 0 fully saturated rings. The zero-order chi connectivity index (χ0) is 14.9. The van der Waals surface area contributed by atoms with Crippen LogP contribution >= 0.6 is 0 Å². The van der Waals surface area contributed by atoms with E-state index in [2.05, 4.69) is 12.1 Å². The molecule has 21 heavy (non-hydrogen) atoms. The average Bonchev–Trinajstić information content (AvgIpc) is 2.54. The number of rotatable bonds is 7. The van der Waals surface area contributed by atoms with Crippen molar-refractivity contribution in [2.75, 3.05) is 13.1 Å². The smallest absolute Gasteiger partial charge is 0.223 e. The zero-order valence-electron chi connectivity index (χ0n) is 12.2. The Morgan fingerprint density at radius 3 is 2.05 bits per heavy atom. The van der Waals surface area contributed by atoms with E-state index < -0.39 is 0 Å². The molecule has 0 saturated carbocycles. The number of amides is 1. The second-order valence-corrected chi connectivity index (χ2v) is 5.08. The van der Waals surface area contributed by atoms with E-state index in [0.717, 1.165) is 12.0 Å². The number of aryl methyl sites for hydroxylation is 1. The Hall–Kier alpha value is -2.13. The van der Waals surface area contributed by atoms with Gasteiger partial charge in [-0.25, -0.2) is 0 Å². The fraction of sp³-hybridized carbons (Fsp3) is 0.278. The van der Waals surface area contributed by atoms with Gasteiger partial charge in [0.1, 0.15) is 0 Å². The molecule has 0 aliphatic carbocycles. The molecule has 110 valence electrons. The summed E-state index contributed by atoms with van der Waals surface area (Å²) >= 11 is 0. The molecule has 0 bridgehead atoms. The highest BCUT2D eigenvalue weighted by atomic mass is 16.2. The van der Waals surface area contributed by atoms with Gasteiger partial charge in [-0.3, -0.25) is 4.79 Å². The number of hydrogen-bond acceptors (Lipinski definition) is 2. The van der Waals surface area contributed by atoms with E-state index in [9.17, 15) is 4.79 Å². The van der Waals surface area contributed by atoms with Crippen molar-refractivity contribution in [1.29, 1.82) is 0 Å². The maximum absolute atomic E-state index is 12.4. The Morgan fingerprint density at radius 1 is 0.905 bits per heavy atom. The number of nitrogens with zero attached hydrogens (tertiary/aromatic N) is 1. The Bertz CT molecular complexity index is 540. The van der Waals surface area contributed by atoms with Crippen LogP contribution in [-0.4, -0.2) is 23.9 Å². The minimum atomic E-state index is 0.160. The molecule has 0 spiro atoms. The molecule has 0 unspecified atom stereocenters. The largest absolute Gasteiger partial charge is 0.337 e. The number of carbonyl (C=O) groups excluding carboxylic acids is 1. The van der Waals surface area contributed by atoms with Crippen molar-refractivity contribution in [3.63, 3.8) is 0 Å². The van der Waals surface area contributed by atoms with Crippen LogP contribution in [0.25, 0.3) is 0 Å². The Balaban J connectivity index is 1.92. The zero-order valence-corrected chi connectivity index (χ0v) is 12.2. The average molecular weight is 282 g/mol. The fourth-order valence-electron chi connectivity index (χ4n) is 2.31. The van der Waals surface area contributed by atoms with Crippen molar-refractivity contribution < 1.29 is 4.79 Å². The summed E-state index contributed by atoms with van der Waals surface area (Å²) in [6.45, 7) is 1.72. The van der Waals surface area contributed by atoms with E-state index >= 15 is 0 Å². The van der Waals surface area contributed by atoms with Crippen LogP contribution in [0.5, 0.6) is 0 Å². The van der Waals surface area contributed by atoms with E-state index in [4.69, 9.17) is 5.73 Å². The van der Waals surface area contributed by atoms with Crippen LogP contribution < -0.4 is 5.73 Å². The second-order valence-electron chi connectivity index (χ2n) is 5.08. The lowest BCUT2D eigenvalue weighted by atomic mass is 10.1. The third-order valence-corrected chi connectivity index (χ3v) is 3.44. The number of hydrogen-bond donors (Lipinski definition) is 1. The van der Waals surface area contributed by atoms with Gasteiger partial charge in [0.05, 0.1) is 0 Å². The van der Waals surface area contributed by atoms with Crippen molar-refractivity contribution in [2.24, 2.45) is 5.73 Å². The lowest BCUT2D eigenvalue weighted by molar-refractivity contribution is -0.131. The van der Waals surface area contributed by atoms with Crippen LogP contribution in [0.2, 0.25) is 0 Å². The van der Waals surface area contributed by atoms with Gasteiger partial charge in [0.15, 0.2) is 0 Å². The Morgan fingerprint density at radius 2 is 1.48 bits per heavy atom. The van der Waals surface area contributed by atoms with Crippen LogP contribution in [0.1, 0.15) is 17.5 Å². The summed E-state index contributed by atoms with van der Waals surface area (Å²) in [5.41, 5.74) is 7.97. The molecule has 0 radical (unpaired) electrons. The van der Waals surface area contributed by atoms with Crippen LogP contribution in [0.3, 0.4) is 0 Å². The van der Waals surface area contributed by atoms with E-state index in [1.165, 1.54) is 5.56 Å². The minimum Gasteiger partial charge on any atom is -0.337 e. The summed E-state index contributed by atoms with van der Waals surface area (Å²) in [4.78, 5) is 14.2. The third-order valence-electron chi connectivity index (χ3n) is 3.44. The summed E-state index contributed by atoms with van der Waals surface area (Å²) in [6, 6.07) is 20.1. The lowest BCUT2D eigenvalue weighted by Gasteiger charge is -2.22. The maximum atomic E-state index is 12.4. The van der Waals surface area contributed by atoms with Gasteiger partial charge in [-0.1, -0.05) is 60.7 Å². The van der Waals surface area contributed by atoms with Crippen molar-refractivity contribution >= 4 is 5.91 Å². The fourth-order valence-corrected chi connectivity index (χ4v) is 2.31. The first-order chi connectivity index (χ1) is 10.3. The first kappa shape index (κ1) is 15.3. The Labute approximate surface area is 126 Å². The minimum absolute atomic E-state index is 0.160. The summed E-state index contributed by atoms with van der Waals surface area (Å²) < 4.78 is 0. The van der Waals surface area contributed by atoms with Crippen molar-refractivity contribution in [2.45, 2.75) is 19.4 Å². The second kappa shape index (κ2) is 8.22. The van der Waals surface area contributed by atoms with E-state index in [0.29, 0.717) is 26.1 Å². The van der Waals surface area contributed by atoms with Gasteiger partial charge < -0.3 is 10.6 Å². The van der Waals surface area contributed by atoms with Gasteiger partial charge >= 0.3 is 0 Å². The van der Waals surface area contributed by atoms with Gasteiger partial charge in [0.2, 0.25) is 5.91 Å². The molecule has 3 heteroatoms. The van der Waals surface area contributed by atoms with Crippen LogP contribution in [0, 0.1) is 0 Å². The number of carbonyl (C=O) groups is 1. The first-order valence-electron chi connectivity index (χ1n) is 7.35. The molecule has 1 amide bonds. The molecule has 0 heterocycles. The molecule has 2 aromatic rings. The molecule has 0 atom stereocenters. The predicted molar refractivity (Wildman–Crippen MR) is 85.7 cm³/mol. The van der Waals surface area contributed by atoms with Crippen LogP contribution in [-0.2, 0) is 17.8 Å². The van der Waals surface area contributed by atoms with Crippen LogP contribution in [0.4, 0.5) is 0 Å². The topological polar surface area (TPSA) is 46.3 Å². The Kier molecular flexibility index (Phi) is 5.98. The van der Waals surface area contributed by atoms with Gasteiger partial charge in [-0.2, -0.15) is 0 Å². The highest BCUT2D eigenvalue weighted by Gasteiger charge is 2.13. The molecule has 0 aliphatic rings. The van der Waals surface area contributed by atoms with Gasteiger partial charge in [-0.05, 0) is 17.5 Å². The van der Waals surface area contributed by atoms with Crippen molar-refractivity contribution in [3.05, 3.63) is 71.8 Å². The van der Waals surface area contributed by atoms with Gasteiger partial charge in [0.25, 0.3) is 0 Å². The molecular formula is C18H22N2O. The normalized spacial score (nSPS) is 10.3. The van der Waals surface area contributed by atoms with Crippen LogP contribution in [0.15, 0.2) is 60.7 Å². The van der Waals surface area contributed by atoms with Gasteiger partial charge in [0, 0.05) is 26.1 Å². The summed E-state index contributed by atoms with van der Waals surface area (Å²) in [6.07, 6.45) is 1.30. The first-order valence-corrected chi connectivity index (χ1v) is 7.35. The molecule has 2 N–H and O–H groups in total. The molecular weight excluding hydrogens is 260 g/mol. The lowest BCUT2D eigenvalue weighted by Crippen LogP contribution is -2.35. The summed E-state index contributed by atoms with van der Waals surface area (Å²) in [7, 11) is 0.